The molecule has 1 unspecified atom stereocenters. The maximum absolute atomic E-state index is 11.6. The van der Waals surface area contributed by atoms with Crippen LogP contribution in [0.25, 0.3) is 0 Å². The van der Waals surface area contributed by atoms with Gasteiger partial charge in [-0.2, -0.15) is 0 Å². The van der Waals surface area contributed by atoms with Crippen LogP contribution in [0.4, 0.5) is 0 Å². The average molecular weight is 505 g/mol. The van der Waals surface area contributed by atoms with Gasteiger partial charge in [0.05, 0.1) is 32.5 Å². The summed E-state index contributed by atoms with van der Waals surface area (Å²) in [6, 6.07) is 7.77. The van der Waals surface area contributed by atoms with Crippen molar-refractivity contribution in [2.45, 2.75) is 84.3 Å². The SMILES string of the molecule is CCOCOC(C#CC[C@H](C)OCc1ccc(OC)cc1)[C@H]1OC(C)(C)O[C@H]1C/C=C/C(=O)OCC. The first kappa shape index (κ1) is 29.8. The van der Waals surface area contributed by atoms with Crippen LogP contribution >= 0.6 is 0 Å². The molecule has 0 N–H and O–H groups in total. The van der Waals surface area contributed by atoms with Crippen LogP contribution in [0.2, 0.25) is 0 Å². The van der Waals surface area contributed by atoms with E-state index in [1.165, 1.54) is 6.08 Å². The molecule has 0 bridgehead atoms. The Morgan fingerprint density at radius 2 is 1.89 bits per heavy atom. The van der Waals surface area contributed by atoms with Crippen LogP contribution in [0.3, 0.4) is 0 Å². The summed E-state index contributed by atoms with van der Waals surface area (Å²) < 4.78 is 39.6. The zero-order chi connectivity index (χ0) is 26.4. The molecule has 0 saturated carbocycles. The van der Waals surface area contributed by atoms with Gasteiger partial charge in [0.2, 0.25) is 0 Å². The number of hydrogen-bond donors (Lipinski definition) is 0. The van der Waals surface area contributed by atoms with Crippen LogP contribution in [0.15, 0.2) is 36.4 Å². The van der Waals surface area contributed by atoms with E-state index in [2.05, 4.69) is 11.8 Å². The molecule has 1 aliphatic rings. The van der Waals surface area contributed by atoms with Crippen molar-refractivity contribution in [3.05, 3.63) is 42.0 Å². The average Bonchev–Trinajstić information content (AvgIpc) is 3.16. The molecule has 8 nitrogen and oxygen atoms in total. The lowest BCUT2D eigenvalue weighted by atomic mass is 10.0. The minimum atomic E-state index is -0.809. The summed E-state index contributed by atoms with van der Waals surface area (Å²) in [7, 11) is 1.64. The first-order valence-electron chi connectivity index (χ1n) is 12.4. The number of esters is 1. The maximum atomic E-state index is 11.6. The highest BCUT2D eigenvalue weighted by molar-refractivity contribution is 5.81. The zero-order valence-electron chi connectivity index (χ0n) is 22.3. The molecule has 1 heterocycles. The summed E-state index contributed by atoms with van der Waals surface area (Å²) in [6.45, 7) is 10.8. The number of ether oxygens (including phenoxy) is 7. The molecular formula is C28H40O8. The van der Waals surface area contributed by atoms with Crippen LogP contribution in [-0.2, 0) is 39.8 Å². The molecule has 0 radical (unpaired) electrons. The summed E-state index contributed by atoms with van der Waals surface area (Å²) in [5.41, 5.74) is 1.06. The predicted molar refractivity (Wildman–Crippen MR) is 135 cm³/mol. The van der Waals surface area contributed by atoms with E-state index in [0.29, 0.717) is 32.7 Å². The molecule has 1 aromatic rings. The number of hydrogen-bond acceptors (Lipinski definition) is 8. The molecule has 8 heteroatoms. The molecular weight excluding hydrogens is 464 g/mol. The van der Waals surface area contributed by atoms with Crippen molar-refractivity contribution in [2.75, 3.05) is 27.1 Å². The van der Waals surface area contributed by atoms with Gasteiger partial charge >= 0.3 is 5.97 Å². The van der Waals surface area contributed by atoms with Gasteiger partial charge in [0.1, 0.15) is 24.8 Å². The van der Waals surface area contributed by atoms with E-state index in [0.717, 1.165) is 11.3 Å². The second kappa shape index (κ2) is 15.6. The largest absolute Gasteiger partial charge is 0.497 e. The van der Waals surface area contributed by atoms with Gasteiger partial charge in [-0.15, -0.1) is 0 Å². The van der Waals surface area contributed by atoms with E-state index >= 15 is 0 Å². The maximum Gasteiger partial charge on any atom is 0.330 e. The number of methoxy groups -OCH3 is 1. The number of benzene rings is 1. The van der Waals surface area contributed by atoms with Gasteiger partial charge in [0, 0.05) is 19.1 Å². The summed E-state index contributed by atoms with van der Waals surface area (Å²) >= 11 is 0. The van der Waals surface area contributed by atoms with Crippen molar-refractivity contribution < 1.29 is 38.0 Å². The van der Waals surface area contributed by atoms with Crippen molar-refractivity contribution in [3.8, 4) is 17.6 Å². The van der Waals surface area contributed by atoms with Crippen LogP contribution in [0, 0.1) is 11.8 Å². The van der Waals surface area contributed by atoms with Crippen LogP contribution in [0.5, 0.6) is 5.75 Å². The fraction of sp³-hybridized carbons (Fsp3) is 0.607. The molecule has 0 aromatic heterocycles. The van der Waals surface area contributed by atoms with E-state index in [-0.39, 0.29) is 25.0 Å². The third-order valence-electron chi connectivity index (χ3n) is 5.29. The third kappa shape index (κ3) is 10.7. The molecule has 1 aliphatic heterocycles. The summed E-state index contributed by atoms with van der Waals surface area (Å²) in [5, 5.41) is 0. The highest BCUT2D eigenvalue weighted by Gasteiger charge is 2.44. The molecule has 1 fully saturated rings. The minimum absolute atomic E-state index is 0.0763. The number of carbonyl (C=O) groups excluding carboxylic acids is 1. The monoisotopic (exact) mass is 504 g/mol. The van der Waals surface area contributed by atoms with E-state index in [4.69, 9.17) is 33.2 Å². The lowest BCUT2D eigenvalue weighted by Gasteiger charge is -2.22. The van der Waals surface area contributed by atoms with Gasteiger partial charge in [-0.25, -0.2) is 4.79 Å². The van der Waals surface area contributed by atoms with Crippen LogP contribution in [0.1, 0.15) is 53.0 Å². The summed E-state index contributed by atoms with van der Waals surface area (Å²) in [4.78, 5) is 11.6. The lowest BCUT2D eigenvalue weighted by molar-refractivity contribution is -0.163. The molecule has 4 atom stereocenters. The van der Waals surface area contributed by atoms with Crippen molar-refractivity contribution in [1.82, 2.24) is 0 Å². The number of carbonyl (C=O) groups is 1. The Hall–Kier alpha value is -2.41. The van der Waals surface area contributed by atoms with Gasteiger partial charge in [-0.3, -0.25) is 0 Å². The highest BCUT2D eigenvalue weighted by atomic mass is 16.8. The van der Waals surface area contributed by atoms with Gasteiger partial charge < -0.3 is 33.2 Å². The second-order valence-corrected chi connectivity index (χ2v) is 8.72. The van der Waals surface area contributed by atoms with E-state index in [1.54, 1.807) is 20.1 Å². The smallest absolute Gasteiger partial charge is 0.330 e. The Morgan fingerprint density at radius 1 is 1.14 bits per heavy atom. The van der Waals surface area contributed by atoms with Crippen molar-refractivity contribution in [2.24, 2.45) is 0 Å². The quantitative estimate of drug-likeness (QED) is 0.121. The van der Waals surface area contributed by atoms with E-state index in [1.807, 2.05) is 52.0 Å². The summed E-state index contributed by atoms with van der Waals surface area (Å²) in [6.07, 6.45) is 2.63. The molecule has 0 aliphatic carbocycles. The minimum Gasteiger partial charge on any atom is -0.497 e. The molecule has 0 spiro atoms. The Kier molecular flexibility index (Phi) is 13.0. The normalized spacial score (nSPS) is 20.5. The molecule has 1 saturated heterocycles. The molecule has 0 amide bonds. The Balaban J connectivity index is 2.00. The first-order valence-corrected chi connectivity index (χ1v) is 12.4. The first-order chi connectivity index (χ1) is 17.3. The van der Waals surface area contributed by atoms with Gasteiger partial charge in [0.25, 0.3) is 0 Å². The van der Waals surface area contributed by atoms with E-state index < -0.39 is 18.0 Å². The van der Waals surface area contributed by atoms with Crippen LogP contribution in [-0.4, -0.2) is 63.3 Å². The van der Waals surface area contributed by atoms with E-state index in [9.17, 15) is 4.79 Å². The standard InChI is InChI=1S/C28H40O8/c1-7-31-20-34-24(12-9-11-21(3)33-19-22-15-17-23(30-6)18-16-22)27-25(35-28(4,5)36-27)13-10-14-26(29)32-8-2/h10,14-18,21,24-25,27H,7-8,11,13,19-20H2,1-6H3/b14-10+/t21-,24?,25-,27+/m0/s1. The Bertz CT molecular complexity index is 868. The van der Waals surface area contributed by atoms with Gasteiger partial charge in [0.15, 0.2) is 5.79 Å². The van der Waals surface area contributed by atoms with Crippen molar-refractivity contribution in [3.63, 3.8) is 0 Å². The lowest BCUT2D eigenvalue weighted by Crippen LogP contribution is -2.37. The fourth-order valence-corrected chi connectivity index (χ4v) is 3.54. The Morgan fingerprint density at radius 3 is 2.56 bits per heavy atom. The second-order valence-electron chi connectivity index (χ2n) is 8.72. The fourth-order valence-electron chi connectivity index (χ4n) is 3.54. The van der Waals surface area contributed by atoms with Crippen LogP contribution < -0.4 is 4.74 Å². The molecule has 1 aromatic carbocycles. The zero-order valence-corrected chi connectivity index (χ0v) is 22.3. The van der Waals surface area contributed by atoms with Crippen molar-refractivity contribution in [1.29, 1.82) is 0 Å². The summed E-state index contributed by atoms with van der Waals surface area (Å²) in [5.74, 6) is 5.98. The topological polar surface area (TPSA) is 81.7 Å². The third-order valence-corrected chi connectivity index (χ3v) is 5.29. The predicted octanol–water partition coefficient (Wildman–Crippen LogP) is 4.40. The van der Waals surface area contributed by atoms with Gasteiger partial charge in [-0.1, -0.05) is 30.0 Å². The molecule has 2 rings (SSSR count). The Labute approximate surface area is 215 Å². The highest BCUT2D eigenvalue weighted by Crippen LogP contribution is 2.33. The van der Waals surface area contributed by atoms with Crippen molar-refractivity contribution >= 4 is 5.97 Å². The molecule has 36 heavy (non-hydrogen) atoms. The molecule has 200 valence electrons. The number of rotatable bonds is 14. The van der Waals surface area contributed by atoms with Gasteiger partial charge in [-0.05, 0) is 58.7 Å².